The minimum atomic E-state index is -0.647. The SMILES string of the molecule is CCN1CCSC1(CCC(=O)c1ccc(OC)cc1)C(=O)N(C(C)C)C(C)C. The van der Waals surface area contributed by atoms with Crippen molar-refractivity contribution in [2.45, 2.75) is 64.4 Å². The van der Waals surface area contributed by atoms with Gasteiger partial charge in [-0.2, -0.15) is 0 Å². The van der Waals surface area contributed by atoms with E-state index < -0.39 is 4.87 Å². The first-order valence-electron chi connectivity index (χ1n) is 10.2. The molecular formula is C22H34N2O3S. The molecule has 0 saturated carbocycles. The van der Waals surface area contributed by atoms with Crippen molar-refractivity contribution in [2.75, 3.05) is 26.0 Å². The summed E-state index contributed by atoms with van der Waals surface area (Å²) in [6.07, 6.45) is 0.886. The largest absolute Gasteiger partial charge is 0.497 e. The molecule has 1 fully saturated rings. The zero-order chi connectivity index (χ0) is 20.9. The van der Waals surface area contributed by atoms with Gasteiger partial charge in [0.25, 0.3) is 5.91 Å². The molecular weight excluding hydrogens is 372 g/mol. The first-order valence-corrected chi connectivity index (χ1v) is 11.1. The average molecular weight is 407 g/mol. The van der Waals surface area contributed by atoms with Gasteiger partial charge in [0.15, 0.2) is 5.78 Å². The molecule has 0 bridgehead atoms. The number of hydrogen-bond donors (Lipinski definition) is 0. The maximum absolute atomic E-state index is 13.7. The monoisotopic (exact) mass is 406 g/mol. The summed E-state index contributed by atoms with van der Waals surface area (Å²) in [6, 6.07) is 7.45. The Labute approximate surface area is 173 Å². The molecule has 28 heavy (non-hydrogen) atoms. The smallest absolute Gasteiger partial charge is 0.253 e. The predicted molar refractivity (Wildman–Crippen MR) is 116 cm³/mol. The fraction of sp³-hybridized carbons (Fsp3) is 0.636. The standard InChI is InChI=1S/C22H34N2O3S/c1-7-23-14-15-28-22(23,21(26)24(16(2)3)17(4)5)13-12-20(25)18-8-10-19(27-6)11-9-18/h8-11,16-17H,7,12-15H2,1-6H3. The highest BCUT2D eigenvalue weighted by Gasteiger charge is 2.50. The highest BCUT2D eigenvalue weighted by Crippen LogP contribution is 2.42. The Kier molecular flexibility index (Phi) is 7.96. The van der Waals surface area contributed by atoms with E-state index in [9.17, 15) is 9.59 Å². The van der Waals surface area contributed by atoms with E-state index >= 15 is 0 Å². The van der Waals surface area contributed by atoms with Crippen LogP contribution in [0.1, 0.15) is 57.8 Å². The molecule has 1 heterocycles. The Balaban J connectivity index is 2.23. The number of amides is 1. The number of hydrogen-bond acceptors (Lipinski definition) is 5. The van der Waals surface area contributed by atoms with Crippen molar-refractivity contribution in [1.82, 2.24) is 9.80 Å². The molecule has 0 aromatic heterocycles. The molecule has 2 rings (SSSR count). The molecule has 0 aliphatic carbocycles. The second-order valence-electron chi connectivity index (χ2n) is 7.76. The molecule has 0 radical (unpaired) electrons. The molecule has 1 saturated heterocycles. The van der Waals surface area contributed by atoms with Crippen molar-refractivity contribution < 1.29 is 14.3 Å². The fourth-order valence-electron chi connectivity index (χ4n) is 4.02. The molecule has 156 valence electrons. The second-order valence-corrected chi connectivity index (χ2v) is 9.14. The van der Waals surface area contributed by atoms with Gasteiger partial charge in [0.05, 0.1) is 7.11 Å². The van der Waals surface area contributed by atoms with Gasteiger partial charge in [-0.05, 0) is 64.9 Å². The lowest BCUT2D eigenvalue weighted by molar-refractivity contribution is -0.142. The van der Waals surface area contributed by atoms with Crippen LogP contribution in [0.3, 0.4) is 0 Å². The Morgan fingerprint density at radius 3 is 2.29 bits per heavy atom. The van der Waals surface area contributed by atoms with Crippen LogP contribution in [0.5, 0.6) is 5.75 Å². The van der Waals surface area contributed by atoms with Crippen molar-refractivity contribution in [3.05, 3.63) is 29.8 Å². The van der Waals surface area contributed by atoms with Crippen LogP contribution in [0.4, 0.5) is 0 Å². The van der Waals surface area contributed by atoms with Crippen molar-refractivity contribution >= 4 is 23.5 Å². The van der Waals surface area contributed by atoms with Gasteiger partial charge in [0.1, 0.15) is 10.6 Å². The quantitative estimate of drug-likeness (QED) is 0.579. The van der Waals surface area contributed by atoms with Gasteiger partial charge in [-0.1, -0.05) is 6.92 Å². The highest BCUT2D eigenvalue weighted by atomic mass is 32.2. The summed E-state index contributed by atoms with van der Waals surface area (Å²) in [7, 11) is 1.61. The number of carbonyl (C=O) groups is 2. The van der Waals surface area contributed by atoms with Gasteiger partial charge in [-0.15, -0.1) is 11.8 Å². The molecule has 1 amide bonds. The van der Waals surface area contributed by atoms with Crippen molar-refractivity contribution in [3.63, 3.8) is 0 Å². The fourth-order valence-corrected chi connectivity index (χ4v) is 5.54. The number of nitrogens with zero attached hydrogens (tertiary/aromatic N) is 2. The summed E-state index contributed by atoms with van der Waals surface area (Å²) in [5.74, 6) is 1.86. The maximum Gasteiger partial charge on any atom is 0.253 e. The van der Waals surface area contributed by atoms with Crippen molar-refractivity contribution in [2.24, 2.45) is 0 Å². The third kappa shape index (κ3) is 4.71. The lowest BCUT2D eigenvalue weighted by atomic mass is 9.99. The van der Waals surface area contributed by atoms with E-state index in [1.54, 1.807) is 43.1 Å². The van der Waals surface area contributed by atoms with Gasteiger partial charge in [-0.3, -0.25) is 14.5 Å². The van der Waals surface area contributed by atoms with Crippen LogP contribution in [-0.2, 0) is 4.79 Å². The number of Topliss-reactive ketones (excluding diaryl/α,β-unsaturated/α-hetero) is 1. The zero-order valence-corrected chi connectivity index (χ0v) is 18.8. The minimum absolute atomic E-state index is 0.0685. The first kappa shape index (κ1) is 22.8. The van der Waals surface area contributed by atoms with Gasteiger partial charge in [0.2, 0.25) is 0 Å². The minimum Gasteiger partial charge on any atom is -0.497 e. The van der Waals surface area contributed by atoms with E-state index in [2.05, 4.69) is 39.5 Å². The predicted octanol–water partition coefficient (Wildman–Crippen LogP) is 4.07. The van der Waals surface area contributed by atoms with Gasteiger partial charge in [-0.25, -0.2) is 0 Å². The first-order chi connectivity index (χ1) is 13.3. The maximum atomic E-state index is 13.7. The molecule has 6 heteroatoms. The number of benzene rings is 1. The van der Waals surface area contributed by atoms with Crippen LogP contribution in [0, 0.1) is 0 Å². The van der Waals surface area contributed by atoms with E-state index in [-0.39, 0.29) is 23.8 Å². The Morgan fingerprint density at radius 1 is 1.18 bits per heavy atom. The molecule has 0 N–H and O–H groups in total. The summed E-state index contributed by atoms with van der Waals surface area (Å²) in [4.78, 5) is 30.1. The number of methoxy groups -OCH3 is 1. The third-order valence-electron chi connectivity index (χ3n) is 5.38. The summed E-state index contributed by atoms with van der Waals surface area (Å²) in [6.45, 7) is 12.0. The summed E-state index contributed by atoms with van der Waals surface area (Å²) in [5.41, 5.74) is 0.666. The molecule has 1 aliphatic heterocycles. The zero-order valence-electron chi connectivity index (χ0n) is 18.0. The molecule has 1 atom stereocenters. The number of ketones is 1. The van der Waals surface area contributed by atoms with E-state index in [0.29, 0.717) is 18.4 Å². The Morgan fingerprint density at radius 2 is 1.79 bits per heavy atom. The van der Waals surface area contributed by atoms with Crippen molar-refractivity contribution in [1.29, 1.82) is 0 Å². The number of likely N-dealkylation sites (N-methyl/N-ethyl adjacent to an activating group) is 1. The van der Waals surface area contributed by atoms with Crippen LogP contribution in [0.25, 0.3) is 0 Å². The van der Waals surface area contributed by atoms with Gasteiger partial charge in [0, 0.05) is 36.4 Å². The molecule has 1 aromatic carbocycles. The number of ether oxygens (including phenoxy) is 1. The van der Waals surface area contributed by atoms with Crippen LogP contribution in [0.2, 0.25) is 0 Å². The lowest BCUT2D eigenvalue weighted by Gasteiger charge is -2.42. The third-order valence-corrected chi connectivity index (χ3v) is 6.88. The average Bonchev–Trinajstić information content (AvgIpc) is 3.09. The van der Waals surface area contributed by atoms with Gasteiger partial charge >= 0.3 is 0 Å². The second kappa shape index (κ2) is 9.79. The number of carbonyl (C=O) groups excluding carboxylic acids is 2. The highest BCUT2D eigenvalue weighted by molar-refractivity contribution is 8.01. The Bertz CT molecular complexity index is 667. The van der Waals surface area contributed by atoms with E-state index in [4.69, 9.17) is 4.74 Å². The number of thioether (sulfide) groups is 1. The number of rotatable bonds is 9. The molecule has 1 aliphatic rings. The molecule has 1 aromatic rings. The van der Waals surface area contributed by atoms with E-state index in [0.717, 1.165) is 24.6 Å². The van der Waals surface area contributed by atoms with E-state index in [1.165, 1.54) is 0 Å². The lowest BCUT2D eigenvalue weighted by Crippen LogP contribution is -2.58. The van der Waals surface area contributed by atoms with Crippen LogP contribution in [0.15, 0.2) is 24.3 Å². The van der Waals surface area contributed by atoms with Crippen LogP contribution in [-0.4, -0.2) is 64.4 Å². The topological polar surface area (TPSA) is 49.9 Å². The van der Waals surface area contributed by atoms with Crippen LogP contribution >= 0.6 is 11.8 Å². The molecule has 1 unspecified atom stereocenters. The van der Waals surface area contributed by atoms with E-state index in [1.807, 2.05) is 4.90 Å². The summed E-state index contributed by atoms with van der Waals surface area (Å²) in [5, 5.41) is 0. The van der Waals surface area contributed by atoms with Gasteiger partial charge < -0.3 is 9.64 Å². The normalized spacial score (nSPS) is 20.0. The molecule has 5 nitrogen and oxygen atoms in total. The van der Waals surface area contributed by atoms with Crippen LogP contribution < -0.4 is 4.74 Å². The summed E-state index contributed by atoms with van der Waals surface area (Å²) >= 11 is 1.70. The summed E-state index contributed by atoms with van der Waals surface area (Å²) < 4.78 is 5.17. The van der Waals surface area contributed by atoms with Crippen molar-refractivity contribution in [3.8, 4) is 5.75 Å². The molecule has 0 spiro atoms. The Hall–Kier alpha value is -1.53.